The Bertz CT molecular complexity index is 1120. The van der Waals surface area contributed by atoms with Crippen molar-refractivity contribution in [3.63, 3.8) is 0 Å². The maximum absolute atomic E-state index is 14.0. The number of rotatable bonds is 11. The minimum absolute atomic E-state index is 0.0636. The second kappa shape index (κ2) is 12.9. The first kappa shape index (κ1) is 27.0. The van der Waals surface area contributed by atoms with E-state index < -0.39 is 5.82 Å². The molecule has 0 N–H and O–H groups in total. The number of thiocarbonyl (C=S) groups is 1. The molecule has 35 heavy (non-hydrogen) atoms. The Hall–Kier alpha value is -2.62. The number of nitrogens with zero attached hydrogens (tertiary/aromatic N) is 1. The van der Waals surface area contributed by atoms with Crippen molar-refractivity contribution in [1.29, 1.82) is 0 Å². The fourth-order valence-corrected chi connectivity index (χ4v) is 4.75. The molecule has 1 fully saturated rings. The summed E-state index contributed by atoms with van der Waals surface area (Å²) in [7, 11) is 1.49. The molecule has 2 aromatic rings. The van der Waals surface area contributed by atoms with Gasteiger partial charge in [0.2, 0.25) is 0 Å². The molecular formula is C25H25ClFNO5S2. The molecule has 1 amide bonds. The topological polar surface area (TPSA) is 65.1 Å². The Morgan fingerprint density at radius 1 is 1.26 bits per heavy atom. The van der Waals surface area contributed by atoms with Crippen LogP contribution in [0.3, 0.4) is 0 Å². The molecule has 1 aliphatic rings. The van der Waals surface area contributed by atoms with Crippen LogP contribution in [-0.4, -0.2) is 41.4 Å². The molecule has 6 nitrogen and oxygen atoms in total. The van der Waals surface area contributed by atoms with Gasteiger partial charge in [-0.2, -0.15) is 0 Å². The van der Waals surface area contributed by atoms with Gasteiger partial charge in [-0.15, -0.1) is 0 Å². The van der Waals surface area contributed by atoms with Crippen LogP contribution in [-0.2, 0) is 20.9 Å². The van der Waals surface area contributed by atoms with Gasteiger partial charge in [-0.05, 0) is 48.7 Å². The van der Waals surface area contributed by atoms with Crippen molar-refractivity contribution in [3.05, 3.63) is 63.3 Å². The maximum atomic E-state index is 14.0. The minimum Gasteiger partial charge on any atom is -0.493 e. The highest BCUT2D eigenvalue weighted by Crippen LogP contribution is 2.35. The Labute approximate surface area is 218 Å². The quantitative estimate of drug-likeness (QED) is 0.198. The lowest BCUT2D eigenvalue weighted by atomic mass is 10.1. The van der Waals surface area contributed by atoms with E-state index in [1.807, 2.05) is 6.92 Å². The van der Waals surface area contributed by atoms with Gasteiger partial charge in [0.1, 0.15) is 16.7 Å². The number of hydrogen-bond acceptors (Lipinski definition) is 7. The van der Waals surface area contributed by atoms with Gasteiger partial charge in [0.25, 0.3) is 5.91 Å². The molecule has 3 rings (SSSR count). The van der Waals surface area contributed by atoms with E-state index in [1.54, 1.807) is 30.3 Å². The number of benzene rings is 2. The highest BCUT2D eigenvalue weighted by atomic mass is 35.5. The lowest BCUT2D eigenvalue weighted by Crippen LogP contribution is -2.29. The zero-order valence-corrected chi connectivity index (χ0v) is 21.7. The Kier molecular flexibility index (Phi) is 9.94. The van der Waals surface area contributed by atoms with Crippen LogP contribution in [0.1, 0.15) is 37.3 Å². The SMILES string of the molecule is CCCOC(=O)CCCN1C(=O)/C(=C\c2ccc(OCc3c(F)cccc3Cl)c(OC)c2)SC1=S. The van der Waals surface area contributed by atoms with Crippen LogP contribution in [0.5, 0.6) is 11.5 Å². The van der Waals surface area contributed by atoms with Gasteiger partial charge >= 0.3 is 5.97 Å². The van der Waals surface area contributed by atoms with E-state index >= 15 is 0 Å². The molecule has 0 atom stereocenters. The van der Waals surface area contributed by atoms with Gasteiger partial charge in [-0.1, -0.05) is 54.6 Å². The predicted octanol–water partition coefficient (Wildman–Crippen LogP) is 6.00. The predicted molar refractivity (Wildman–Crippen MR) is 139 cm³/mol. The third-order valence-corrected chi connectivity index (χ3v) is 6.75. The third kappa shape index (κ3) is 7.19. The number of esters is 1. The summed E-state index contributed by atoms with van der Waals surface area (Å²) in [6, 6.07) is 9.60. The van der Waals surface area contributed by atoms with Crippen LogP contribution in [0.25, 0.3) is 6.08 Å². The second-order valence-electron chi connectivity index (χ2n) is 7.56. The molecule has 1 heterocycles. The molecule has 0 radical (unpaired) electrons. The first-order valence-corrected chi connectivity index (χ1v) is 12.6. The summed E-state index contributed by atoms with van der Waals surface area (Å²) in [5.41, 5.74) is 0.962. The molecule has 0 aliphatic carbocycles. The molecule has 186 valence electrons. The van der Waals surface area contributed by atoms with Gasteiger partial charge in [0.15, 0.2) is 11.5 Å². The van der Waals surface area contributed by atoms with E-state index in [4.69, 9.17) is 38.0 Å². The molecule has 10 heteroatoms. The molecule has 0 unspecified atom stereocenters. The smallest absolute Gasteiger partial charge is 0.305 e. The Balaban J connectivity index is 1.65. The highest BCUT2D eigenvalue weighted by Gasteiger charge is 2.31. The number of amides is 1. The van der Waals surface area contributed by atoms with Crippen molar-refractivity contribution in [2.24, 2.45) is 0 Å². The van der Waals surface area contributed by atoms with Crippen molar-refractivity contribution in [2.75, 3.05) is 20.3 Å². The molecule has 0 spiro atoms. The summed E-state index contributed by atoms with van der Waals surface area (Å²) in [6.07, 6.45) is 3.18. The number of thioether (sulfide) groups is 1. The molecule has 1 saturated heterocycles. The number of halogens is 2. The van der Waals surface area contributed by atoms with E-state index in [1.165, 1.54) is 35.9 Å². The fraction of sp³-hybridized carbons (Fsp3) is 0.320. The van der Waals surface area contributed by atoms with E-state index in [0.29, 0.717) is 45.9 Å². The first-order chi connectivity index (χ1) is 16.8. The molecule has 0 bridgehead atoms. The number of carbonyl (C=O) groups excluding carboxylic acids is 2. The zero-order chi connectivity index (χ0) is 25.4. The summed E-state index contributed by atoms with van der Waals surface area (Å²) >= 11 is 12.6. The zero-order valence-electron chi connectivity index (χ0n) is 19.3. The van der Waals surface area contributed by atoms with Crippen molar-refractivity contribution in [1.82, 2.24) is 4.90 Å². The van der Waals surface area contributed by atoms with Gasteiger partial charge in [0, 0.05) is 18.5 Å². The lowest BCUT2D eigenvalue weighted by molar-refractivity contribution is -0.144. The lowest BCUT2D eigenvalue weighted by Gasteiger charge is -2.14. The molecule has 0 saturated carbocycles. The second-order valence-corrected chi connectivity index (χ2v) is 9.64. The maximum Gasteiger partial charge on any atom is 0.305 e. The first-order valence-electron chi connectivity index (χ1n) is 11.0. The minimum atomic E-state index is -0.451. The van der Waals surface area contributed by atoms with E-state index in [2.05, 4.69) is 0 Å². The molecular weight excluding hydrogens is 513 g/mol. The third-order valence-electron chi connectivity index (χ3n) is 5.02. The van der Waals surface area contributed by atoms with Gasteiger partial charge in [-0.25, -0.2) is 4.39 Å². The molecule has 0 aromatic heterocycles. The molecule has 2 aromatic carbocycles. The van der Waals surface area contributed by atoms with E-state index in [9.17, 15) is 14.0 Å². The number of hydrogen-bond donors (Lipinski definition) is 0. The van der Waals surface area contributed by atoms with Crippen LogP contribution in [0.2, 0.25) is 5.02 Å². The van der Waals surface area contributed by atoms with Crippen LogP contribution in [0.15, 0.2) is 41.3 Å². The van der Waals surface area contributed by atoms with Crippen LogP contribution in [0, 0.1) is 5.82 Å². The summed E-state index contributed by atoms with van der Waals surface area (Å²) in [6.45, 7) is 2.61. The summed E-state index contributed by atoms with van der Waals surface area (Å²) < 4.78 is 30.7. The van der Waals surface area contributed by atoms with Crippen molar-refractivity contribution in [2.45, 2.75) is 32.8 Å². The largest absolute Gasteiger partial charge is 0.493 e. The average Bonchev–Trinajstić information content (AvgIpc) is 3.10. The van der Waals surface area contributed by atoms with Crippen LogP contribution in [0.4, 0.5) is 4.39 Å². The fourth-order valence-electron chi connectivity index (χ4n) is 3.23. The van der Waals surface area contributed by atoms with Crippen molar-refractivity contribution < 1.29 is 28.2 Å². The molecule has 1 aliphatic heterocycles. The number of ether oxygens (including phenoxy) is 3. The number of methoxy groups -OCH3 is 1. The summed E-state index contributed by atoms with van der Waals surface area (Å²) in [5.74, 6) is -0.110. The average molecular weight is 538 g/mol. The highest BCUT2D eigenvalue weighted by molar-refractivity contribution is 8.26. The Morgan fingerprint density at radius 2 is 2.06 bits per heavy atom. The Morgan fingerprint density at radius 3 is 2.77 bits per heavy atom. The van der Waals surface area contributed by atoms with Gasteiger partial charge in [-0.3, -0.25) is 14.5 Å². The normalized spacial score (nSPS) is 14.5. The van der Waals surface area contributed by atoms with E-state index in [-0.39, 0.29) is 35.5 Å². The van der Waals surface area contributed by atoms with Crippen molar-refractivity contribution >= 4 is 57.9 Å². The van der Waals surface area contributed by atoms with Crippen LogP contribution >= 0.6 is 35.6 Å². The summed E-state index contributed by atoms with van der Waals surface area (Å²) in [4.78, 5) is 26.5. The summed E-state index contributed by atoms with van der Waals surface area (Å²) in [5, 5.41) is 0.278. The van der Waals surface area contributed by atoms with E-state index in [0.717, 1.165) is 6.42 Å². The van der Waals surface area contributed by atoms with Crippen LogP contribution < -0.4 is 9.47 Å². The number of carbonyl (C=O) groups is 2. The monoisotopic (exact) mass is 537 g/mol. The van der Waals surface area contributed by atoms with Gasteiger partial charge < -0.3 is 14.2 Å². The van der Waals surface area contributed by atoms with Gasteiger partial charge in [0.05, 0.1) is 23.6 Å². The van der Waals surface area contributed by atoms with Crippen molar-refractivity contribution in [3.8, 4) is 11.5 Å². The standard InChI is InChI=1S/C25H25ClFNO5S2/c1-3-12-32-23(29)8-5-11-28-24(30)22(35-25(28)34)14-16-9-10-20(21(13-16)31-2)33-15-17-18(26)6-4-7-19(17)27/h4,6-7,9-10,13-14H,3,5,8,11-12,15H2,1-2H3/b22-14+.